The second-order valence-corrected chi connectivity index (χ2v) is 4.78. The predicted octanol–water partition coefficient (Wildman–Crippen LogP) is 0.694. The number of rotatable bonds is 3. The predicted molar refractivity (Wildman–Crippen MR) is 63.6 cm³/mol. The fraction of sp³-hybridized carbons (Fsp3) is 0.750. The third-order valence-corrected chi connectivity index (χ3v) is 2.75. The normalized spacial score (nSPS) is 21.5. The molecule has 17 heavy (non-hydrogen) atoms. The van der Waals surface area contributed by atoms with E-state index in [-0.39, 0.29) is 11.7 Å². The molecule has 0 aromatic rings. The number of hydrogen-bond acceptors (Lipinski definition) is 4. The number of aliphatic hydroxyl groups is 2. The van der Waals surface area contributed by atoms with Crippen LogP contribution in [0.1, 0.15) is 20.8 Å². The van der Waals surface area contributed by atoms with Gasteiger partial charge in [0.1, 0.15) is 0 Å². The van der Waals surface area contributed by atoms with Gasteiger partial charge in [-0.25, -0.2) is 0 Å². The van der Waals surface area contributed by atoms with E-state index in [4.69, 9.17) is 4.74 Å². The molecule has 0 radical (unpaired) electrons. The molecule has 0 aliphatic carbocycles. The summed E-state index contributed by atoms with van der Waals surface area (Å²) in [5, 5.41) is 19.7. The minimum Gasteiger partial charge on any atom is -0.512 e. The van der Waals surface area contributed by atoms with E-state index >= 15 is 0 Å². The molecule has 0 saturated carbocycles. The lowest BCUT2D eigenvalue weighted by Gasteiger charge is -2.32. The molecule has 0 aromatic carbocycles. The topological polar surface area (TPSA) is 70.0 Å². The van der Waals surface area contributed by atoms with Crippen LogP contribution < -0.4 is 0 Å². The van der Waals surface area contributed by atoms with E-state index in [0.29, 0.717) is 26.3 Å². The van der Waals surface area contributed by atoms with E-state index < -0.39 is 11.5 Å². The van der Waals surface area contributed by atoms with Crippen molar-refractivity contribution >= 4 is 5.91 Å². The zero-order valence-corrected chi connectivity index (χ0v) is 10.6. The van der Waals surface area contributed by atoms with Gasteiger partial charge in [-0.2, -0.15) is 0 Å². The van der Waals surface area contributed by atoms with Gasteiger partial charge in [-0.15, -0.1) is 0 Å². The van der Waals surface area contributed by atoms with Crippen molar-refractivity contribution in [1.29, 1.82) is 0 Å². The van der Waals surface area contributed by atoms with Crippen molar-refractivity contribution in [2.75, 3.05) is 26.3 Å². The largest absolute Gasteiger partial charge is 0.512 e. The highest BCUT2D eigenvalue weighted by Gasteiger charge is 2.34. The number of morpholine rings is 1. The fourth-order valence-corrected chi connectivity index (χ4v) is 1.60. The van der Waals surface area contributed by atoms with Crippen molar-refractivity contribution in [2.45, 2.75) is 26.4 Å². The zero-order chi connectivity index (χ0) is 13.1. The van der Waals surface area contributed by atoms with Gasteiger partial charge < -0.3 is 19.8 Å². The molecule has 98 valence electrons. The lowest BCUT2D eigenvalue weighted by atomic mass is 10.0. The zero-order valence-electron chi connectivity index (χ0n) is 10.6. The summed E-state index contributed by atoms with van der Waals surface area (Å²) in [5.41, 5.74) is -1.66. The SMILES string of the molecule is CC(C)/C(O)=C/C(C)(O)C(=O)N1CCOCC1. The second kappa shape index (κ2) is 5.51. The van der Waals surface area contributed by atoms with Crippen molar-refractivity contribution in [2.24, 2.45) is 5.92 Å². The third-order valence-electron chi connectivity index (χ3n) is 2.75. The van der Waals surface area contributed by atoms with Crippen molar-refractivity contribution in [3.63, 3.8) is 0 Å². The summed E-state index contributed by atoms with van der Waals surface area (Å²) in [6.45, 7) is 6.91. The standard InChI is InChI=1S/C12H21NO4/c1-9(2)10(14)8-12(3,16)11(15)13-4-6-17-7-5-13/h8-9,14,16H,4-7H2,1-3H3/b10-8-. The van der Waals surface area contributed by atoms with Crippen LogP contribution in [0.25, 0.3) is 0 Å². The number of nitrogens with zero attached hydrogens (tertiary/aromatic N) is 1. The van der Waals surface area contributed by atoms with Crippen molar-refractivity contribution in [1.82, 2.24) is 4.90 Å². The Labute approximate surface area is 102 Å². The van der Waals surface area contributed by atoms with Crippen molar-refractivity contribution in [3.8, 4) is 0 Å². The van der Waals surface area contributed by atoms with Gasteiger partial charge in [-0.3, -0.25) is 4.79 Å². The van der Waals surface area contributed by atoms with Crippen LogP contribution in [0.2, 0.25) is 0 Å². The number of amides is 1. The first-order valence-electron chi connectivity index (χ1n) is 5.86. The highest BCUT2D eigenvalue weighted by Crippen LogP contribution is 2.17. The molecule has 1 amide bonds. The molecule has 2 N–H and O–H groups in total. The lowest BCUT2D eigenvalue weighted by molar-refractivity contribution is -0.149. The van der Waals surface area contributed by atoms with Gasteiger partial charge in [0, 0.05) is 19.0 Å². The fourth-order valence-electron chi connectivity index (χ4n) is 1.60. The second-order valence-electron chi connectivity index (χ2n) is 4.78. The van der Waals surface area contributed by atoms with Crippen LogP contribution in [0.3, 0.4) is 0 Å². The molecule has 0 aromatic heterocycles. The molecule has 1 fully saturated rings. The van der Waals surface area contributed by atoms with Gasteiger partial charge in [0.2, 0.25) is 0 Å². The maximum absolute atomic E-state index is 12.0. The monoisotopic (exact) mass is 243 g/mol. The van der Waals surface area contributed by atoms with Crippen molar-refractivity contribution < 1.29 is 19.7 Å². The summed E-state index contributed by atoms with van der Waals surface area (Å²) < 4.78 is 5.14. The Bertz CT molecular complexity index is 304. The van der Waals surface area contributed by atoms with Crippen LogP contribution in [0.5, 0.6) is 0 Å². The molecule has 0 bridgehead atoms. The molecule has 5 heteroatoms. The summed E-state index contributed by atoms with van der Waals surface area (Å²) >= 11 is 0. The van der Waals surface area contributed by atoms with Crippen molar-refractivity contribution in [3.05, 3.63) is 11.8 Å². The molecule has 1 aliphatic rings. The van der Waals surface area contributed by atoms with Crippen LogP contribution in [0.15, 0.2) is 11.8 Å². The molecule has 1 saturated heterocycles. The molecule has 1 heterocycles. The Hall–Kier alpha value is -1.07. The Morgan fingerprint density at radius 1 is 1.41 bits per heavy atom. The van der Waals surface area contributed by atoms with Gasteiger partial charge in [0.05, 0.1) is 19.0 Å². The van der Waals surface area contributed by atoms with E-state index in [1.165, 1.54) is 13.0 Å². The van der Waals surface area contributed by atoms with E-state index in [9.17, 15) is 15.0 Å². The van der Waals surface area contributed by atoms with Crippen LogP contribution in [-0.2, 0) is 9.53 Å². The molecular weight excluding hydrogens is 222 g/mol. The van der Waals surface area contributed by atoms with Crippen LogP contribution >= 0.6 is 0 Å². The minimum atomic E-state index is -1.66. The Morgan fingerprint density at radius 3 is 2.41 bits per heavy atom. The number of hydrogen-bond donors (Lipinski definition) is 2. The summed E-state index contributed by atoms with van der Waals surface area (Å²) in [6, 6.07) is 0. The molecule has 5 nitrogen and oxygen atoms in total. The first kappa shape index (κ1) is 14.0. The van der Waals surface area contributed by atoms with Gasteiger partial charge in [0.15, 0.2) is 5.60 Å². The maximum atomic E-state index is 12.0. The summed E-state index contributed by atoms with van der Waals surface area (Å²) in [5.74, 6) is -0.483. The highest BCUT2D eigenvalue weighted by molar-refractivity contribution is 5.86. The van der Waals surface area contributed by atoms with E-state index in [0.717, 1.165) is 0 Å². The van der Waals surface area contributed by atoms with Gasteiger partial charge >= 0.3 is 0 Å². The van der Waals surface area contributed by atoms with Gasteiger partial charge in [0.25, 0.3) is 5.91 Å². The molecule has 0 spiro atoms. The van der Waals surface area contributed by atoms with Crippen LogP contribution in [-0.4, -0.2) is 52.9 Å². The quantitative estimate of drug-likeness (QED) is 0.716. The van der Waals surface area contributed by atoms with Gasteiger partial charge in [-0.05, 0) is 13.0 Å². The number of allylic oxidation sites excluding steroid dienone is 1. The number of carbonyl (C=O) groups excluding carboxylic acids is 1. The summed E-state index contributed by atoms with van der Waals surface area (Å²) in [4.78, 5) is 13.6. The van der Waals surface area contributed by atoms with Crippen LogP contribution in [0, 0.1) is 5.92 Å². The smallest absolute Gasteiger partial charge is 0.258 e. The Balaban J connectivity index is 2.74. The number of carbonyl (C=O) groups is 1. The number of ether oxygens (including phenoxy) is 1. The highest BCUT2D eigenvalue weighted by atomic mass is 16.5. The molecule has 1 atom stereocenters. The molecule has 1 rings (SSSR count). The Morgan fingerprint density at radius 2 is 1.94 bits per heavy atom. The third kappa shape index (κ3) is 3.71. The van der Waals surface area contributed by atoms with E-state index in [1.54, 1.807) is 18.7 Å². The lowest BCUT2D eigenvalue weighted by Crippen LogP contribution is -2.50. The minimum absolute atomic E-state index is 0.0246. The van der Waals surface area contributed by atoms with E-state index in [2.05, 4.69) is 0 Å². The number of aliphatic hydroxyl groups excluding tert-OH is 1. The van der Waals surface area contributed by atoms with E-state index in [1.807, 2.05) is 0 Å². The summed E-state index contributed by atoms with van der Waals surface area (Å²) in [6.07, 6.45) is 1.22. The first-order chi connectivity index (χ1) is 7.84. The first-order valence-corrected chi connectivity index (χ1v) is 5.86. The molecular formula is C12H21NO4. The average molecular weight is 243 g/mol. The van der Waals surface area contributed by atoms with Gasteiger partial charge in [-0.1, -0.05) is 13.8 Å². The molecule has 1 unspecified atom stereocenters. The Kier molecular flexibility index (Phi) is 4.54. The summed E-state index contributed by atoms with van der Waals surface area (Å²) in [7, 11) is 0. The average Bonchev–Trinajstić information content (AvgIpc) is 2.28. The molecule has 1 aliphatic heterocycles. The van der Waals surface area contributed by atoms with Crippen LogP contribution in [0.4, 0.5) is 0 Å². The maximum Gasteiger partial charge on any atom is 0.258 e.